The molecule has 0 saturated carbocycles. The number of ether oxygens (including phenoxy) is 1. The first-order chi connectivity index (χ1) is 9.16. The first-order valence-corrected chi connectivity index (χ1v) is 7.57. The van der Waals surface area contributed by atoms with Crippen LogP contribution in [-0.4, -0.2) is 36.7 Å². The van der Waals surface area contributed by atoms with Crippen molar-refractivity contribution in [1.82, 2.24) is 10.3 Å². The second-order valence-corrected chi connectivity index (χ2v) is 5.94. The Morgan fingerprint density at radius 1 is 1.63 bits per heavy atom. The van der Waals surface area contributed by atoms with Gasteiger partial charge in [-0.15, -0.1) is 11.3 Å². The van der Waals surface area contributed by atoms with E-state index in [-0.39, 0.29) is 11.8 Å². The van der Waals surface area contributed by atoms with Crippen molar-refractivity contribution in [2.24, 2.45) is 11.7 Å². The first kappa shape index (κ1) is 14.4. The van der Waals surface area contributed by atoms with Gasteiger partial charge in [-0.3, -0.25) is 4.79 Å². The van der Waals surface area contributed by atoms with Gasteiger partial charge in [-0.05, 0) is 25.7 Å². The molecule has 1 atom stereocenters. The number of carbonyl (C=O) groups is 1. The maximum Gasteiger partial charge on any atom is 0.237 e. The molecule has 1 saturated heterocycles. The lowest BCUT2D eigenvalue weighted by atomic mass is 9.92. The molecule has 2 rings (SSSR count). The molecule has 3 N–H and O–H groups in total. The van der Waals surface area contributed by atoms with Crippen LogP contribution in [0.25, 0.3) is 0 Å². The van der Waals surface area contributed by atoms with Crippen LogP contribution in [0.15, 0.2) is 5.38 Å². The summed E-state index contributed by atoms with van der Waals surface area (Å²) in [6.07, 6.45) is 2.51. The van der Waals surface area contributed by atoms with Gasteiger partial charge in [0.1, 0.15) is 0 Å². The van der Waals surface area contributed by atoms with E-state index in [1.54, 1.807) is 11.3 Å². The van der Waals surface area contributed by atoms with E-state index in [0.29, 0.717) is 19.8 Å². The highest BCUT2D eigenvalue weighted by Crippen LogP contribution is 2.17. The Morgan fingerprint density at radius 3 is 3.00 bits per heavy atom. The SMILES string of the molecule is Cc1nc(CCNC(=O)C(N)C2CCOCC2)cs1. The van der Waals surface area contributed by atoms with Crippen molar-refractivity contribution >= 4 is 17.2 Å². The summed E-state index contributed by atoms with van der Waals surface area (Å²) in [5, 5.41) is 5.98. The van der Waals surface area contributed by atoms with Crippen LogP contribution in [0.2, 0.25) is 0 Å². The van der Waals surface area contributed by atoms with Crippen molar-refractivity contribution in [1.29, 1.82) is 0 Å². The molecule has 6 heteroatoms. The number of thiazole rings is 1. The summed E-state index contributed by atoms with van der Waals surface area (Å²) in [7, 11) is 0. The van der Waals surface area contributed by atoms with Crippen LogP contribution in [0, 0.1) is 12.8 Å². The summed E-state index contributed by atoms with van der Waals surface area (Å²) in [6, 6.07) is -0.416. The normalized spacial score (nSPS) is 18.2. The molecule has 0 aliphatic carbocycles. The standard InChI is InChI=1S/C13H21N3O2S/c1-9-16-11(8-19-9)2-5-15-13(17)12(14)10-3-6-18-7-4-10/h8,10,12H,2-7,14H2,1H3,(H,15,17). The van der Waals surface area contributed by atoms with E-state index < -0.39 is 6.04 Å². The number of rotatable bonds is 5. The van der Waals surface area contributed by atoms with Gasteiger partial charge in [0, 0.05) is 31.6 Å². The summed E-state index contributed by atoms with van der Waals surface area (Å²) in [5.41, 5.74) is 7.02. The fourth-order valence-corrected chi connectivity index (χ4v) is 2.89. The van der Waals surface area contributed by atoms with Crippen LogP contribution in [-0.2, 0) is 16.0 Å². The molecule has 1 fully saturated rings. The minimum Gasteiger partial charge on any atom is -0.381 e. The molecule has 0 bridgehead atoms. The highest BCUT2D eigenvalue weighted by molar-refractivity contribution is 7.09. The topological polar surface area (TPSA) is 77.2 Å². The summed E-state index contributed by atoms with van der Waals surface area (Å²) in [5.74, 6) is 0.189. The number of nitrogens with two attached hydrogens (primary N) is 1. The number of hydrogen-bond donors (Lipinski definition) is 2. The number of carbonyl (C=O) groups excluding carboxylic acids is 1. The monoisotopic (exact) mass is 283 g/mol. The van der Waals surface area contributed by atoms with Gasteiger partial charge in [0.25, 0.3) is 0 Å². The van der Waals surface area contributed by atoms with Gasteiger partial charge in [0.15, 0.2) is 0 Å². The minimum absolute atomic E-state index is 0.0566. The molecule has 1 aromatic heterocycles. The molecule has 1 aliphatic rings. The van der Waals surface area contributed by atoms with Gasteiger partial charge in [0.05, 0.1) is 16.7 Å². The van der Waals surface area contributed by atoms with Crippen molar-refractivity contribution in [3.05, 3.63) is 16.1 Å². The molecule has 5 nitrogen and oxygen atoms in total. The van der Waals surface area contributed by atoms with Crippen LogP contribution in [0.5, 0.6) is 0 Å². The molecule has 1 amide bonds. The van der Waals surface area contributed by atoms with E-state index in [2.05, 4.69) is 10.3 Å². The van der Waals surface area contributed by atoms with Gasteiger partial charge in [-0.25, -0.2) is 4.98 Å². The Hall–Kier alpha value is -0.980. The largest absolute Gasteiger partial charge is 0.381 e. The van der Waals surface area contributed by atoms with Gasteiger partial charge in [-0.2, -0.15) is 0 Å². The minimum atomic E-state index is -0.416. The molecular formula is C13H21N3O2S. The number of aromatic nitrogens is 1. The zero-order valence-corrected chi connectivity index (χ0v) is 12.0. The maximum absolute atomic E-state index is 11.9. The molecule has 0 aromatic carbocycles. The summed E-state index contributed by atoms with van der Waals surface area (Å²) < 4.78 is 5.28. The molecule has 1 unspecified atom stereocenters. The number of nitrogens with one attached hydrogen (secondary N) is 1. The van der Waals surface area contributed by atoms with Gasteiger partial charge in [0.2, 0.25) is 5.91 Å². The quantitative estimate of drug-likeness (QED) is 0.840. The molecule has 2 heterocycles. The lowest BCUT2D eigenvalue weighted by molar-refractivity contribution is -0.124. The second kappa shape index (κ2) is 6.98. The smallest absolute Gasteiger partial charge is 0.237 e. The van der Waals surface area contributed by atoms with E-state index in [4.69, 9.17) is 10.5 Å². The zero-order valence-electron chi connectivity index (χ0n) is 11.2. The molecule has 106 valence electrons. The van der Waals surface area contributed by atoms with Crippen LogP contribution in [0.4, 0.5) is 0 Å². The Kier molecular flexibility index (Phi) is 5.30. The number of nitrogens with zero attached hydrogens (tertiary/aromatic N) is 1. The third-order valence-corrected chi connectivity index (χ3v) is 4.25. The van der Waals surface area contributed by atoms with Crippen LogP contribution in [0.3, 0.4) is 0 Å². The lowest BCUT2D eigenvalue weighted by Crippen LogP contribution is -2.47. The average molecular weight is 283 g/mol. The van der Waals surface area contributed by atoms with E-state index in [9.17, 15) is 4.79 Å². The Bertz CT molecular complexity index is 416. The summed E-state index contributed by atoms with van der Waals surface area (Å²) in [6.45, 7) is 4.00. The van der Waals surface area contributed by atoms with Crippen LogP contribution >= 0.6 is 11.3 Å². The zero-order chi connectivity index (χ0) is 13.7. The van der Waals surface area contributed by atoms with Crippen LogP contribution < -0.4 is 11.1 Å². The fraction of sp³-hybridized carbons (Fsp3) is 0.692. The fourth-order valence-electron chi connectivity index (χ4n) is 2.24. The number of aryl methyl sites for hydroxylation is 1. The third-order valence-electron chi connectivity index (χ3n) is 3.42. The van der Waals surface area contributed by atoms with Crippen molar-refractivity contribution in [3.8, 4) is 0 Å². The molecular weight excluding hydrogens is 262 g/mol. The van der Waals surface area contributed by atoms with Gasteiger partial charge in [-0.1, -0.05) is 0 Å². The van der Waals surface area contributed by atoms with E-state index in [1.165, 1.54) is 0 Å². The predicted octanol–water partition coefficient (Wildman–Crippen LogP) is 0.864. The second-order valence-electron chi connectivity index (χ2n) is 4.87. The maximum atomic E-state index is 11.9. The van der Waals surface area contributed by atoms with Crippen molar-refractivity contribution in [2.75, 3.05) is 19.8 Å². The number of hydrogen-bond acceptors (Lipinski definition) is 5. The van der Waals surface area contributed by atoms with E-state index >= 15 is 0 Å². The van der Waals surface area contributed by atoms with Gasteiger partial charge >= 0.3 is 0 Å². The van der Waals surface area contributed by atoms with E-state index in [1.807, 2.05) is 12.3 Å². The predicted molar refractivity (Wildman–Crippen MR) is 75.1 cm³/mol. The molecule has 0 spiro atoms. The van der Waals surface area contributed by atoms with Crippen molar-refractivity contribution < 1.29 is 9.53 Å². The summed E-state index contributed by atoms with van der Waals surface area (Å²) >= 11 is 1.63. The Balaban J connectivity index is 1.71. The Labute approximate surface area is 117 Å². The number of amides is 1. The molecule has 19 heavy (non-hydrogen) atoms. The highest BCUT2D eigenvalue weighted by Gasteiger charge is 2.26. The molecule has 1 aromatic rings. The first-order valence-electron chi connectivity index (χ1n) is 6.69. The highest BCUT2D eigenvalue weighted by atomic mass is 32.1. The van der Waals surface area contributed by atoms with Crippen LogP contribution in [0.1, 0.15) is 23.5 Å². The summed E-state index contributed by atoms with van der Waals surface area (Å²) in [4.78, 5) is 16.3. The van der Waals surface area contributed by atoms with Gasteiger partial charge < -0.3 is 15.8 Å². The average Bonchev–Trinajstić information content (AvgIpc) is 2.84. The third kappa shape index (κ3) is 4.26. The van der Waals surface area contributed by atoms with Crippen molar-refractivity contribution in [2.45, 2.75) is 32.2 Å². The Morgan fingerprint density at radius 2 is 2.37 bits per heavy atom. The lowest BCUT2D eigenvalue weighted by Gasteiger charge is -2.26. The molecule has 1 aliphatic heterocycles. The van der Waals surface area contributed by atoms with E-state index in [0.717, 1.165) is 30.0 Å². The molecule has 0 radical (unpaired) electrons. The van der Waals surface area contributed by atoms with Crippen molar-refractivity contribution in [3.63, 3.8) is 0 Å².